The van der Waals surface area contributed by atoms with Crippen LogP contribution in [0.25, 0.3) is 0 Å². The summed E-state index contributed by atoms with van der Waals surface area (Å²) < 4.78 is 32.3. The summed E-state index contributed by atoms with van der Waals surface area (Å²) >= 11 is 0. The minimum Gasteiger partial charge on any atom is -0.455 e. The van der Waals surface area contributed by atoms with Crippen LogP contribution in [-0.2, 0) is 24.3 Å². The topological polar surface area (TPSA) is 84.0 Å². The number of likely N-dealkylation sites (N-methyl/N-ethyl adjacent to an activating group) is 1. The lowest BCUT2D eigenvalue weighted by Crippen LogP contribution is -2.41. The van der Waals surface area contributed by atoms with Gasteiger partial charge in [-0.2, -0.15) is 4.31 Å². The molecule has 1 aliphatic heterocycles. The number of nitrogens with zero attached hydrogens (tertiary/aromatic N) is 2. The Bertz CT molecular complexity index is 1030. The quantitative estimate of drug-likeness (QED) is 0.595. The Morgan fingerprint density at radius 1 is 1.06 bits per heavy atom. The van der Waals surface area contributed by atoms with Gasteiger partial charge in [0.15, 0.2) is 6.61 Å². The second-order valence-corrected chi connectivity index (χ2v) is 10.1. The minimum atomic E-state index is -3.58. The molecule has 32 heavy (non-hydrogen) atoms. The van der Waals surface area contributed by atoms with Gasteiger partial charge in [0.1, 0.15) is 0 Å². The molecule has 1 atom stereocenters. The Kier molecular flexibility index (Phi) is 7.69. The zero-order chi connectivity index (χ0) is 23.3. The molecule has 0 aromatic heterocycles. The summed E-state index contributed by atoms with van der Waals surface area (Å²) in [4.78, 5) is 26.7. The van der Waals surface area contributed by atoms with Crippen LogP contribution in [0.1, 0.15) is 36.9 Å². The number of ether oxygens (including phenoxy) is 1. The molecule has 1 amide bonds. The van der Waals surface area contributed by atoms with Crippen LogP contribution in [-0.4, -0.2) is 56.2 Å². The van der Waals surface area contributed by atoms with Crippen LogP contribution < -0.4 is 0 Å². The lowest BCUT2D eigenvalue weighted by Gasteiger charge is -2.30. The SMILES string of the molecule is Cc1ccc(S(=O)(=O)N2CCC(C(=O)OCC(=O)N(C)C(C)c3ccccc3)CC2)cc1. The van der Waals surface area contributed by atoms with Gasteiger partial charge in [0.05, 0.1) is 16.9 Å². The third kappa shape index (κ3) is 5.55. The zero-order valence-electron chi connectivity index (χ0n) is 18.7. The maximum Gasteiger partial charge on any atom is 0.309 e. The average molecular weight is 459 g/mol. The number of benzene rings is 2. The van der Waals surface area contributed by atoms with Gasteiger partial charge in [-0.15, -0.1) is 0 Å². The highest BCUT2D eigenvalue weighted by molar-refractivity contribution is 7.89. The van der Waals surface area contributed by atoms with Crippen molar-refractivity contribution in [1.82, 2.24) is 9.21 Å². The largest absolute Gasteiger partial charge is 0.455 e. The molecule has 1 saturated heterocycles. The van der Waals surface area contributed by atoms with Crippen LogP contribution in [0, 0.1) is 12.8 Å². The van der Waals surface area contributed by atoms with E-state index in [4.69, 9.17) is 4.74 Å². The fourth-order valence-corrected chi connectivity index (χ4v) is 5.18. The minimum absolute atomic E-state index is 0.141. The van der Waals surface area contributed by atoms with Gasteiger partial charge in [-0.05, 0) is 44.4 Å². The van der Waals surface area contributed by atoms with E-state index in [-0.39, 0.29) is 36.5 Å². The molecule has 172 valence electrons. The van der Waals surface area contributed by atoms with Gasteiger partial charge in [-0.1, -0.05) is 48.0 Å². The first-order valence-electron chi connectivity index (χ1n) is 10.7. The number of hydrogen-bond acceptors (Lipinski definition) is 5. The number of esters is 1. The molecule has 7 nitrogen and oxygen atoms in total. The Morgan fingerprint density at radius 3 is 2.25 bits per heavy atom. The molecule has 2 aromatic carbocycles. The predicted octanol–water partition coefficient (Wildman–Crippen LogP) is 3.16. The first-order chi connectivity index (χ1) is 15.2. The molecule has 0 bridgehead atoms. The van der Waals surface area contributed by atoms with E-state index >= 15 is 0 Å². The molecule has 1 aliphatic rings. The van der Waals surface area contributed by atoms with Crippen LogP contribution in [0.4, 0.5) is 0 Å². The van der Waals surface area contributed by atoms with E-state index in [1.54, 1.807) is 36.2 Å². The molecular formula is C24H30N2O5S. The normalized spacial score (nSPS) is 16.3. The second-order valence-electron chi connectivity index (χ2n) is 8.19. The monoisotopic (exact) mass is 458 g/mol. The second kappa shape index (κ2) is 10.3. The highest BCUT2D eigenvalue weighted by Crippen LogP contribution is 2.25. The Balaban J connectivity index is 1.49. The van der Waals surface area contributed by atoms with Crippen molar-refractivity contribution in [2.24, 2.45) is 5.92 Å². The van der Waals surface area contributed by atoms with E-state index in [0.717, 1.165) is 11.1 Å². The Hall–Kier alpha value is -2.71. The summed E-state index contributed by atoms with van der Waals surface area (Å²) in [5.74, 6) is -1.15. The third-order valence-corrected chi connectivity index (χ3v) is 7.95. The number of hydrogen-bond donors (Lipinski definition) is 0. The average Bonchev–Trinajstić information content (AvgIpc) is 2.82. The van der Waals surface area contributed by atoms with Gasteiger partial charge in [0.25, 0.3) is 5.91 Å². The van der Waals surface area contributed by atoms with Crippen molar-refractivity contribution >= 4 is 21.9 Å². The lowest BCUT2D eigenvalue weighted by molar-refractivity contribution is -0.156. The maximum absolute atomic E-state index is 12.8. The molecule has 8 heteroatoms. The zero-order valence-corrected chi connectivity index (χ0v) is 19.5. The first-order valence-corrected chi connectivity index (χ1v) is 12.2. The summed E-state index contributed by atoms with van der Waals surface area (Å²) in [5.41, 5.74) is 1.99. The van der Waals surface area contributed by atoms with Crippen molar-refractivity contribution in [3.63, 3.8) is 0 Å². The molecular weight excluding hydrogens is 428 g/mol. The van der Waals surface area contributed by atoms with E-state index in [1.807, 2.05) is 44.2 Å². The number of carbonyl (C=O) groups excluding carboxylic acids is 2. The molecule has 0 aliphatic carbocycles. The summed E-state index contributed by atoms with van der Waals surface area (Å²) in [6.07, 6.45) is 0.739. The van der Waals surface area contributed by atoms with Gasteiger partial charge >= 0.3 is 5.97 Å². The van der Waals surface area contributed by atoms with Crippen LogP contribution in [0.3, 0.4) is 0 Å². The number of amides is 1. The first kappa shape index (κ1) is 23.9. The van der Waals surface area contributed by atoms with Crippen molar-refractivity contribution in [3.05, 3.63) is 65.7 Å². The molecule has 0 spiro atoms. The number of rotatable bonds is 7. The molecule has 0 saturated carbocycles. The molecule has 1 unspecified atom stereocenters. The highest BCUT2D eigenvalue weighted by Gasteiger charge is 2.33. The van der Waals surface area contributed by atoms with E-state index < -0.39 is 21.9 Å². The smallest absolute Gasteiger partial charge is 0.309 e. The molecule has 0 radical (unpaired) electrons. The summed E-state index contributed by atoms with van der Waals surface area (Å²) in [5, 5.41) is 0. The lowest BCUT2D eigenvalue weighted by atomic mass is 9.98. The van der Waals surface area contributed by atoms with Crippen molar-refractivity contribution in [1.29, 1.82) is 0 Å². The van der Waals surface area contributed by atoms with Crippen LogP contribution in [0.5, 0.6) is 0 Å². The van der Waals surface area contributed by atoms with Crippen molar-refractivity contribution in [2.75, 3.05) is 26.7 Å². The summed E-state index contributed by atoms with van der Waals surface area (Å²) in [6.45, 7) is 3.98. The van der Waals surface area contributed by atoms with E-state index in [9.17, 15) is 18.0 Å². The number of aryl methyl sites for hydroxylation is 1. The number of sulfonamides is 1. The van der Waals surface area contributed by atoms with Gasteiger partial charge in [-0.25, -0.2) is 8.42 Å². The van der Waals surface area contributed by atoms with Crippen molar-refractivity contribution in [3.8, 4) is 0 Å². The third-order valence-electron chi connectivity index (χ3n) is 6.04. The van der Waals surface area contributed by atoms with E-state index in [0.29, 0.717) is 12.8 Å². The maximum atomic E-state index is 12.8. The van der Waals surface area contributed by atoms with Gasteiger partial charge in [0, 0.05) is 20.1 Å². The van der Waals surface area contributed by atoms with Gasteiger partial charge in [-0.3, -0.25) is 9.59 Å². The number of piperidine rings is 1. The Morgan fingerprint density at radius 2 is 1.66 bits per heavy atom. The highest BCUT2D eigenvalue weighted by atomic mass is 32.2. The van der Waals surface area contributed by atoms with Crippen molar-refractivity contribution < 1.29 is 22.7 Å². The fraction of sp³-hybridized carbons (Fsp3) is 0.417. The summed E-state index contributed by atoms with van der Waals surface area (Å²) in [6, 6.07) is 16.2. The van der Waals surface area contributed by atoms with E-state index in [1.165, 1.54) is 4.31 Å². The predicted molar refractivity (Wildman–Crippen MR) is 121 cm³/mol. The standard InChI is InChI=1S/C24H30N2O5S/c1-18-9-11-22(12-10-18)32(29,30)26-15-13-21(14-16-26)24(28)31-17-23(27)25(3)19(2)20-7-5-4-6-8-20/h4-12,19,21H,13-17H2,1-3H3. The number of carbonyl (C=O) groups is 2. The molecule has 1 heterocycles. The molecule has 2 aromatic rings. The van der Waals surface area contributed by atoms with E-state index in [2.05, 4.69) is 0 Å². The van der Waals surface area contributed by atoms with Crippen LogP contribution in [0.2, 0.25) is 0 Å². The Labute approximate surface area is 190 Å². The molecule has 1 fully saturated rings. The van der Waals surface area contributed by atoms with Gasteiger partial charge < -0.3 is 9.64 Å². The van der Waals surface area contributed by atoms with Gasteiger partial charge in [0.2, 0.25) is 10.0 Å². The molecule has 0 N–H and O–H groups in total. The molecule has 3 rings (SSSR count). The fourth-order valence-electron chi connectivity index (χ4n) is 3.71. The summed E-state index contributed by atoms with van der Waals surface area (Å²) in [7, 11) is -1.90. The van der Waals surface area contributed by atoms with Crippen LogP contribution in [0.15, 0.2) is 59.5 Å². The van der Waals surface area contributed by atoms with Crippen LogP contribution >= 0.6 is 0 Å². The van der Waals surface area contributed by atoms with Crippen molar-refractivity contribution in [2.45, 2.75) is 37.6 Å².